The number of carbonyl (C=O) groups excluding carboxylic acids is 2. The molecule has 2 amide bonds. The summed E-state index contributed by atoms with van der Waals surface area (Å²) in [6.45, 7) is 3.23. The number of halogens is 1. The monoisotopic (exact) mass is 444 g/mol. The highest BCUT2D eigenvalue weighted by molar-refractivity contribution is 9.10. The maximum Gasteiger partial charge on any atom is 0.244 e. The van der Waals surface area contributed by atoms with Crippen LogP contribution in [0.15, 0.2) is 46.9 Å². The largest absolute Gasteiger partial charge is 0.486 e. The summed E-state index contributed by atoms with van der Waals surface area (Å²) in [6, 6.07) is 11.2. The predicted molar refractivity (Wildman–Crippen MR) is 112 cm³/mol. The highest BCUT2D eigenvalue weighted by Crippen LogP contribution is 2.31. The average molecular weight is 445 g/mol. The van der Waals surface area contributed by atoms with Gasteiger partial charge < -0.3 is 20.1 Å². The number of hydrogen-bond donors (Lipinski definition) is 2. The third kappa shape index (κ3) is 5.60. The zero-order valence-corrected chi connectivity index (χ0v) is 17.0. The SMILES string of the molecule is Cc1ccc(Br)cc1NC(=O)CCNC(=O)/C=C/c1ccc2c(c1)OCCO2. The molecule has 0 bridgehead atoms. The van der Waals surface area contributed by atoms with Crippen molar-refractivity contribution in [1.29, 1.82) is 0 Å². The molecule has 2 aromatic carbocycles. The average Bonchev–Trinajstić information content (AvgIpc) is 2.69. The van der Waals surface area contributed by atoms with Gasteiger partial charge >= 0.3 is 0 Å². The first-order valence-corrected chi connectivity index (χ1v) is 9.72. The molecule has 0 saturated heterocycles. The van der Waals surface area contributed by atoms with E-state index in [-0.39, 0.29) is 24.8 Å². The van der Waals surface area contributed by atoms with E-state index in [4.69, 9.17) is 9.47 Å². The van der Waals surface area contributed by atoms with E-state index in [2.05, 4.69) is 26.6 Å². The molecule has 28 heavy (non-hydrogen) atoms. The Morgan fingerprint density at radius 3 is 2.71 bits per heavy atom. The van der Waals surface area contributed by atoms with E-state index in [1.165, 1.54) is 6.08 Å². The number of fused-ring (bicyclic) bond motifs is 1. The lowest BCUT2D eigenvalue weighted by molar-refractivity contribution is -0.117. The van der Waals surface area contributed by atoms with Crippen LogP contribution in [0.1, 0.15) is 17.5 Å². The van der Waals surface area contributed by atoms with Gasteiger partial charge in [0.2, 0.25) is 11.8 Å². The highest BCUT2D eigenvalue weighted by Gasteiger charge is 2.11. The van der Waals surface area contributed by atoms with Gasteiger partial charge in [-0.15, -0.1) is 0 Å². The first kappa shape index (κ1) is 19.9. The number of anilines is 1. The molecule has 3 rings (SSSR count). The smallest absolute Gasteiger partial charge is 0.244 e. The summed E-state index contributed by atoms with van der Waals surface area (Å²) in [4.78, 5) is 24.0. The van der Waals surface area contributed by atoms with Crippen LogP contribution in [-0.2, 0) is 9.59 Å². The third-order valence-corrected chi connectivity index (χ3v) is 4.61. The first-order chi connectivity index (χ1) is 13.5. The van der Waals surface area contributed by atoms with Crippen molar-refractivity contribution < 1.29 is 19.1 Å². The molecule has 6 nitrogen and oxygen atoms in total. The molecule has 2 N–H and O–H groups in total. The van der Waals surface area contributed by atoms with Gasteiger partial charge in [-0.1, -0.05) is 28.1 Å². The summed E-state index contributed by atoms with van der Waals surface area (Å²) >= 11 is 3.38. The van der Waals surface area contributed by atoms with Crippen molar-refractivity contribution in [3.63, 3.8) is 0 Å². The van der Waals surface area contributed by atoms with Crippen molar-refractivity contribution in [2.24, 2.45) is 0 Å². The van der Waals surface area contributed by atoms with E-state index in [0.717, 1.165) is 21.3 Å². The Labute approximate surface area is 172 Å². The third-order valence-electron chi connectivity index (χ3n) is 4.12. The molecule has 0 spiro atoms. The summed E-state index contributed by atoms with van der Waals surface area (Å²) in [5.74, 6) is 0.964. The van der Waals surface area contributed by atoms with Crippen LogP contribution < -0.4 is 20.1 Å². The number of carbonyl (C=O) groups is 2. The number of nitrogens with one attached hydrogen (secondary N) is 2. The second kappa shape index (κ2) is 9.41. The maximum atomic E-state index is 12.1. The minimum absolute atomic E-state index is 0.155. The van der Waals surface area contributed by atoms with Crippen LogP contribution in [0.3, 0.4) is 0 Å². The van der Waals surface area contributed by atoms with E-state index >= 15 is 0 Å². The minimum atomic E-state index is -0.263. The summed E-state index contributed by atoms with van der Waals surface area (Å²) < 4.78 is 11.9. The second-order valence-electron chi connectivity index (χ2n) is 6.28. The zero-order valence-electron chi connectivity index (χ0n) is 15.5. The Kier molecular flexibility index (Phi) is 6.71. The Balaban J connectivity index is 1.44. The van der Waals surface area contributed by atoms with Gasteiger partial charge in [0.05, 0.1) is 0 Å². The van der Waals surface area contributed by atoms with E-state index < -0.39 is 0 Å². The summed E-state index contributed by atoms with van der Waals surface area (Å²) in [6.07, 6.45) is 3.32. The number of rotatable bonds is 6. The molecule has 146 valence electrons. The number of aryl methyl sites for hydroxylation is 1. The fraction of sp³-hybridized carbons (Fsp3) is 0.238. The van der Waals surface area contributed by atoms with E-state index in [1.54, 1.807) is 6.08 Å². The molecule has 0 radical (unpaired) electrons. The normalized spacial score (nSPS) is 12.6. The molecule has 2 aromatic rings. The van der Waals surface area contributed by atoms with Gasteiger partial charge in [-0.3, -0.25) is 9.59 Å². The molecule has 1 aliphatic rings. The van der Waals surface area contributed by atoms with Gasteiger partial charge in [-0.25, -0.2) is 0 Å². The maximum absolute atomic E-state index is 12.1. The van der Waals surface area contributed by atoms with E-state index in [0.29, 0.717) is 24.7 Å². The van der Waals surface area contributed by atoms with Crippen molar-refractivity contribution in [3.8, 4) is 11.5 Å². The van der Waals surface area contributed by atoms with Crippen LogP contribution in [0.4, 0.5) is 5.69 Å². The Morgan fingerprint density at radius 2 is 1.89 bits per heavy atom. The molecule has 0 aromatic heterocycles. The Morgan fingerprint density at radius 1 is 1.11 bits per heavy atom. The highest BCUT2D eigenvalue weighted by atomic mass is 79.9. The second-order valence-corrected chi connectivity index (χ2v) is 7.20. The number of ether oxygens (including phenoxy) is 2. The molecule has 0 saturated carbocycles. The van der Waals surface area contributed by atoms with Crippen LogP contribution in [0, 0.1) is 6.92 Å². The van der Waals surface area contributed by atoms with Gasteiger partial charge in [0.1, 0.15) is 13.2 Å². The molecule has 0 fully saturated rings. The molecular formula is C21H21BrN2O4. The molecular weight excluding hydrogens is 424 g/mol. The molecule has 7 heteroatoms. The van der Waals surface area contributed by atoms with Crippen LogP contribution in [-0.4, -0.2) is 31.6 Å². The molecule has 1 heterocycles. The topological polar surface area (TPSA) is 76.7 Å². The Bertz CT molecular complexity index is 911. The fourth-order valence-electron chi connectivity index (χ4n) is 2.64. The lowest BCUT2D eigenvalue weighted by Crippen LogP contribution is -2.26. The fourth-order valence-corrected chi connectivity index (χ4v) is 3.00. The van der Waals surface area contributed by atoms with E-state index in [1.807, 2.05) is 43.3 Å². The van der Waals surface area contributed by atoms with Crippen molar-refractivity contribution in [3.05, 3.63) is 58.1 Å². The lowest BCUT2D eigenvalue weighted by Gasteiger charge is -2.18. The summed E-state index contributed by atoms with van der Waals surface area (Å²) in [5, 5.41) is 5.55. The Hall–Kier alpha value is -2.80. The van der Waals surface area contributed by atoms with Crippen LogP contribution in [0.5, 0.6) is 11.5 Å². The number of benzene rings is 2. The van der Waals surface area contributed by atoms with Gasteiger partial charge in [0, 0.05) is 29.2 Å². The lowest BCUT2D eigenvalue weighted by atomic mass is 10.2. The van der Waals surface area contributed by atoms with Crippen LogP contribution in [0.2, 0.25) is 0 Å². The van der Waals surface area contributed by atoms with Gasteiger partial charge in [-0.2, -0.15) is 0 Å². The number of hydrogen-bond acceptors (Lipinski definition) is 4. The molecule has 0 unspecified atom stereocenters. The quantitative estimate of drug-likeness (QED) is 0.666. The van der Waals surface area contributed by atoms with Gasteiger partial charge in [0.25, 0.3) is 0 Å². The standard InChI is InChI=1S/C21H21BrN2O4/c1-14-2-5-16(22)13-17(14)24-21(26)8-9-23-20(25)7-4-15-3-6-18-19(12-15)28-11-10-27-18/h2-7,12-13H,8-11H2,1H3,(H,23,25)(H,24,26)/b7-4+. The number of amides is 2. The summed E-state index contributed by atoms with van der Waals surface area (Å²) in [7, 11) is 0. The van der Waals surface area contributed by atoms with Crippen molar-refractivity contribution in [1.82, 2.24) is 5.32 Å². The predicted octanol–water partition coefficient (Wildman–Crippen LogP) is 3.69. The molecule has 0 aliphatic carbocycles. The molecule has 1 aliphatic heterocycles. The zero-order chi connectivity index (χ0) is 19.9. The van der Waals surface area contributed by atoms with Gasteiger partial charge in [0.15, 0.2) is 11.5 Å². The van der Waals surface area contributed by atoms with Crippen molar-refractivity contribution in [2.75, 3.05) is 25.1 Å². The van der Waals surface area contributed by atoms with E-state index in [9.17, 15) is 9.59 Å². The van der Waals surface area contributed by atoms with Crippen LogP contribution in [0.25, 0.3) is 6.08 Å². The van der Waals surface area contributed by atoms with Crippen molar-refractivity contribution >= 4 is 39.5 Å². The van der Waals surface area contributed by atoms with Crippen LogP contribution >= 0.6 is 15.9 Å². The van der Waals surface area contributed by atoms with Crippen molar-refractivity contribution in [2.45, 2.75) is 13.3 Å². The summed E-state index contributed by atoms with van der Waals surface area (Å²) in [5.41, 5.74) is 2.56. The molecule has 0 atom stereocenters. The first-order valence-electron chi connectivity index (χ1n) is 8.93. The van der Waals surface area contributed by atoms with Gasteiger partial charge in [-0.05, 0) is 48.4 Å². The minimum Gasteiger partial charge on any atom is -0.486 e.